The average Bonchev–Trinajstić information content (AvgIpc) is 2.42. The molecule has 0 aromatic rings. The summed E-state index contributed by atoms with van der Waals surface area (Å²) in [6.07, 6.45) is 8.62. The summed E-state index contributed by atoms with van der Waals surface area (Å²) in [7, 11) is 0. The Hall–Kier alpha value is -0.610. The molecule has 2 unspecified atom stereocenters. The van der Waals surface area contributed by atoms with Crippen molar-refractivity contribution in [3.05, 3.63) is 0 Å². The zero-order valence-corrected chi connectivity index (χ0v) is 15.1. The van der Waals surface area contributed by atoms with Crippen LogP contribution in [0, 0.1) is 0 Å². The normalized spacial score (nSPS) is 24.9. The lowest BCUT2D eigenvalue weighted by Crippen LogP contribution is -2.63. The largest absolute Gasteiger partial charge is 0.457 e. The van der Waals surface area contributed by atoms with Crippen molar-refractivity contribution in [2.45, 2.75) is 110 Å². The molecule has 0 aliphatic carbocycles. The molecule has 1 rings (SSSR count). The van der Waals surface area contributed by atoms with Gasteiger partial charge in [-0.1, -0.05) is 52.9 Å². The fourth-order valence-electron chi connectivity index (χ4n) is 3.05. The zero-order chi connectivity index (χ0) is 16.6. The molecule has 0 radical (unpaired) electrons. The number of ether oxygens (including phenoxy) is 1. The van der Waals surface area contributed by atoms with Gasteiger partial charge in [-0.05, 0) is 39.5 Å². The first kappa shape index (κ1) is 19.4. The highest BCUT2D eigenvalue weighted by Crippen LogP contribution is 2.40. The minimum absolute atomic E-state index is 0.163. The van der Waals surface area contributed by atoms with Gasteiger partial charge in [0.2, 0.25) is 5.60 Å². The van der Waals surface area contributed by atoms with Gasteiger partial charge < -0.3 is 4.74 Å². The molecule has 1 fully saturated rings. The predicted octanol–water partition coefficient (Wildman–Crippen LogP) is 4.95. The highest BCUT2D eigenvalue weighted by atomic mass is 17.3. The third-order valence-corrected chi connectivity index (χ3v) is 4.35. The standard InChI is InChI=1S/C18H34O4/c1-6-9-10-11-14-18(15(12-7-2)21-22-18)16(19)20-17(4,5)13-8-3/h15H,6-14H2,1-5H3. The molecule has 0 aromatic heterocycles. The predicted molar refractivity (Wildman–Crippen MR) is 87.4 cm³/mol. The van der Waals surface area contributed by atoms with E-state index in [9.17, 15) is 4.79 Å². The van der Waals surface area contributed by atoms with Gasteiger partial charge in [-0.2, -0.15) is 0 Å². The minimum atomic E-state index is -0.880. The summed E-state index contributed by atoms with van der Waals surface area (Å²) in [6, 6.07) is 0. The van der Waals surface area contributed by atoms with Gasteiger partial charge in [0, 0.05) is 0 Å². The smallest absolute Gasteiger partial charge is 0.345 e. The molecule has 1 aliphatic heterocycles. The van der Waals surface area contributed by atoms with Gasteiger partial charge in [0.25, 0.3) is 0 Å². The van der Waals surface area contributed by atoms with E-state index in [1.54, 1.807) is 0 Å². The van der Waals surface area contributed by atoms with Crippen molar-refractivity contribution < 1.29 is 19.3 Å². The first-order valence-corrected chi connectivity index (χ1v) is 8.99. The maximum atomic E-state index is 12.8. The molecule has 0 aromatic carbocycles. The number of hydrogen-bond donors (Lipinski definition) is 0. The molecule has 2 atom stereocenters. The van der Waals surface area contributed by atoms with Crippen molar-refractivity contribution in [2.75, 3.05) is 0 Å². The molecule has 4 heteroatoms. The summed E-state index contributed by atoms with van der Waals surface area (Å²) in [5, 5.41) is 0. The van der Waals surface area contributed by atoms with Crippen LogP contribution in [0.25, 0.3) is 0 Å². The molecule has 0 N–H and O–H groups in total. The Kier molecular flexibility index (Phi) is 7.84. The number of carbonyl (C=O) groups excluding carboxylic acids is 1. The van der Waals surface area contributed by atoms with Crippen LogP contribution >= 0.6 is 0 Å². The summed E-state index contributed by atoms with van der Waals surface area (Å²) in [5.74, 6) is -0.243. The van der Waals surface area contributed by atoms with Crippen molar-refractivity contribution in [1.29, 1.82) is 0 Å². The lowest BCUT2D eigenvalue weighted by atomic mass is 9.85. The van der Waals surface area contributed by atoms with Crippen molar-refractivity contribution in [1.82, 2.24) is 0 Å². The van der Waals surface area contributed by atoms with Crippen LogP contribution in [0.2, 0.25) is 0 Å². The first-order valence-electron chi connectivity index (χ1n) is 8.99. The number of carbonyl (C=O) groups is 1. The van der Waals surface area contributed by atoms with E-state index in [1.165, 1.54) is 12.8 Å². The van der Waals surface area contributed by atoms with E-state index in [1.807, 2.05) is 13.8 Å². The van der Waals surface area contributed by atoms with E-state index >= 15 is 0 Å². The Labute approximate surface area is 135 Å². The summed E-state index contributed by atoms with van der Waals surface area (Å²) in [6.45, 7) is 10.3. The van der Waals surface area contributed by atoms with Crippen molar-refractivity contribution >= 4 is 5.97 Å². The van der Waals surface area contributed by atoms with Crippen molar-refractivity contribution in [3.63, 3.8) is 0 Å². The van der Waals surface area contributed by atoms with Crippen LogP contribution in [0.1, 0.15) is 92.4 Å². The van der Waals surface area contributed by atoms with Crippen molar-refractivity contribution in [3.8, 4) is 0 Å². The maximum Gasteiger partial charge on any atom is 0.345 e. The van der Waals surface area contributed by atoms with Crippen LogP contribution in [0.3, 0.4) is 0 Å². The zero-order valence-electron chi connectivity index (χ0n) is 15.1. The Morgan fingerprint density at radius 3 is 2.32 bits per heavy atom. The molecule has 0 bridgehead atoms. The fourth-order valence-corrected chi connectivity index (χ4v) is 3.05. The van der Waals surface area contributed by atoms with Crippen LogP contribution in [0.5, 0.6) is 0 Å². The third kappa shape index (κ3) is 4.95. The monoisotopic (exact) mass is 314 g/mol. The topological polar surface area (TPSA) is 44.8 Å². The molecule has 130 valence electrons. The Balaban J connectivity index is 2.70. The average molecular weight is 314 g/mol. The third-order valence-electron chi connectivity index (χ3n) is 4.35. The van der Waals surface area contributed by atoms with Crippen LogP contribution in [0.4, 0.5) is 0 Å². The van der Waals surface area contributed by atoms with Crippen molar-refractivity contribution in [2.24, 2.45) is 0 Å². The van der Waals surface area contributed by atoms with E-state index in [0.717, 1.165) is 38.5 Å². The van der Waals surface area contributed by atoms with Crippen LogP contribution in [-0.4, -0.2) is 23.3 Å². The molecule has 4 nitrogen and oxygen atoms in total. The van der Waals surface area contributed by atoms with E-state index in [2.05, 4.69) is 20.8 Å². The summed E-state index contributed by atoms with van der Waals surface area (Å²) >= 11 is 0. The molecule has 1 heterocycles. The maximum absolute atomic E-state index is 12.8. The van der Waals surface area contributed by atoms with Crippen LogP contribution in [-0.2, 0) is 19.3 Å². The van der Waals surface area contributed by atoms with Gasteiger partial charge in [-0.3, -0.25) is 0 Å². The summed E-state index contributed by atoms with van der Waals surface area (Å²) in [5.41, 5.74) is -1.33. The van der Waals surface area contributed by atoms with Gasteiger partial charge in [0.15, 0.2) is 0 Å². The second-order valence-electron chi connectivity index (χ2n) is 7.06. The summed E-state index contributed by atoms with van der Waals surface area (Å²) in [4.78, 5) is 23.4. The van der Waals surface area contributed by atoms with E-state index in [0.29, 0.717) is 6.42 Å². The van der Waals surface area contributed by atoms with Gasteiger partial charge >= 0.3 is 5.97 Å². The van der Waals surface area contributed by atoms with E-state index in [-0.39, 0.29) is 12.1 Å². The second kappa shape index (κ2) is 8.88. The molecule has 0 saturated carbocycles. The molecular formula is C18H34O4. The minimum Gasteiger partial charge on any atom is -0.457 e. The molecular weight excluding hydrogens is 280 g/mol. The first-order chi connectivity index (χ1) is 10.4. The second-order valence-corrected chi connectivity index (χ2v) is 7.06. The highest BCUT2D eigenvalue weighted by molar-refractivity contribution is 5.81. The van der Waals surface area contributed by atoms with Crippen LogP contribution in [0.15, 0.2) is 0 Å². The van der Waals surface area contributed by atoms with Crippen LogP contribution < -0.4 is 0 Å². The molecule has 0 amide bonds. The van der Waals surface area contributed by atoms with Gasteiger partial charge in [-0.15, -0.1) is 0 Å². The molecule has 0 spiro atoms. The van der Waals surface area contributed by atoms with Gasteiger partial charge in [0.05, 0.1) is 0 Å². The number of esters is 1. The Morgan fingerprint density at radius 1 is 1.09 bits per heavy atom. The molecule has 1 saturated heterocycles. The Morgan fingerprint density at radius 2 is 1.82 bits per heavy atom. The SMILES string of the molecule is CCCCCCC1(C(=O)OC(C)(C)CCC)OOC1CCC. The van der Waals surface area contributed by atoms with E-state index < -0.39 is 11.2 Å². The quantitative estimate of drug-likeness (QED) is 0.307. The fraction of sp³-hybridized carbons (Fsp3) is 0.944. The number of hydrogen-bond acceptors (Lipinski definition) is 4. The summed E-state index contributed by atoms with van der Waals surface area (Å²) < 4.78 is 5.78. The Bertz CT molecular complexity index is 340. The van der Waals surface area contributed by atoms with Gasteiger partial charge in [0.1, 0.15) is 11.7 Å². The lowest BCUT2D eigenvalue weighted by molar-refractivity contribution is -0.500. The number of unbranched alkanes of at least 4 members (excludes halogenated alkanes) is 3. The lowest BCUT2D eigenvalue weighted by Gasteiger charge is -2.46. The molecule has 1 aliphatic rings. The molecule has 22 heavy (non-hydrogen) atoms. The van der Waals surface area contributed by atoms with E-state index in [4.69, 9.17) is 14.5 Å². The highest BCUT2D eigenvalue weighted by Gasteiger charge is 2.58. The van der Waals surface area contributed by atoms with Gasteiger partial charge in [-0.25, -0.2) is 14.6 Å². The number of rotatable bonds is 11.